The smallest absolute Gasteiger partial charge is 0.211 e. The van der Waals surface area contributed by atoms with E-state index >= 15 is 0 Å². The van der Waals surface area contributed by atoms with Crippen LogP contribution in [-0.2, 0) is 7.05 Å². The van der Waals surface area contributed by atoms with Gasteiger partial charge in [-0.3, -0.25) is 0 Å². The molecule has 1 atom stereocenters. The quantitative estimate of drug-likeness (QED) is 0.823. The normalized spacial score (nSPS) is 13.0. The summed E-state index contributed by atoms with van der Waals surface area (Å²) in [5.41, 5.74) is 0.928. The Hall–Kier alpha value is -1.62. The molecule has 15 heavy (non-hydrogen) atoms. The van der Waals surface area contributed by atoms with Crippen molar-refractivity contribution in [2.24, 2.45) is 7.05 Å². The molecule has 0 amide bonds. The number of imidazole rings is 1. The van der Waals surface area contributed by atoms with E-state index in [9.17, 15) is 0 Å². The van der Waals surface area contributed by atoms with Crippen LogP contribution in [0.3, 0.4) is 0 Å². The molecule has 5 heteroatoms. The minimum atomic E-state index is 0.118. The summed E-state index contributed by atoms with van der Waals surface area (Å²) in [4.78, 5) is 8.25. The maximum atomic E-state index is 5.63. The van der Waals surface area contributed by atoms with Gasteiger partial charge < -0.3 is 14.3 Å². The lowest BCUT2D eigenvalue weighted by Gasteiger charge is -2.03. The minimum Gasteiger partial charge on any atom is -0.437 e. The molecular weight excluding hydrogens is 192 g/mol. The summed E-state index contributed by atoms with van der Waals surface area (Å²) in [6, 6.07) is 0.118. The van der Waals surface area contributed by atoms with Crippen molar-refractivity contribution in [1.82, 2.24) is 19.9 Å². The molecule has 0 aliphatic rings. The van der Waals surface area contributed by atoms with E-state index in [4.69, 9.17) is 4.42 Å². The highest BCUT2D eigenvalue weighted by atomic mass is 16.4. The molecule has 0 saturated heterocycles. The summed E-state index contributed by atoms with van der Waals surface area (Å²) in [5.74, 6) is 1.43. The van der Waals surface area contributed by atoms with Crippen LogP contribution in [0.25, 0.3) is 11.5 Å². The third-order valence-electron chi connectivity index (χ3n) is 2.40. The van der Waals surface area contributed by atoms with E-state index in [1.165, 1.54) is 0 Å². The fraction of sp³-hybridized carbons (Fsp3) is 0.400. The van der Waals surface area contributed by atoms with Gasteiger partial charge in [-0.15, -0.1) is 0 Å². The first-order valence-corrected chi connectivity index (χ1v) is 4.82. The first-order valence-electron chi connectivity index (χ1n) is 4.82. The minimum absolute atomic E-state index is 0.118. The number of nitrogens with one attached hydrogen (secondary N) is 1. The summed E-state index contributed by atoms with van der Waals surface area (Å²) >= 11 is 0. The predicted molar refractivity (Wildman–Crippen MR) is 56.2 cm³/mol. The molecule has 0 radical (unpaired) electrons. The van der Waals surface area contributed by atoms with Crippen LogP contribution in [0.5, 0.6) is 0 Å². The number of hydrogen-bond acceptors (Lipinski definition) is 4. The molecule has 0 saturated carbocycles. The van der Waals surface area contributed by atoms with Crippen molar-refractivity contribution in [3.8, 4) is 11.5 Å². The molecule has 0 aliphatic carbocycles. The molecule has 1 N–H and O–H groups in total. The van der Waals surface area contributed by atoms with E-state index in [1.54, 1.807) is 18.7 Å². The van der Waals surface area contributed by atoms with Gasteiger partial charge in [0.25, 0.3) is 0 Å². The highest BCUT2D eigenvalue weighted by Gasteiger charge is 2.12. The maximum Gasteiger partial charge on any atom is 0.211 e. The van der Waals surface area contributed by atoms with E-state index < -0.39 is 0 Å². The summed E-state index contributed by atoms with van der Waals surface area (Å²) in [6.45, 7) is 2.00. The largest absolute Gasteiger partial charge is 0.437 e. The molecule has 2 rings (SSSR count). The van der Waals surface area contributed by atoms with Crippen molar-refractivity contribution in [2.45, 2.75) is 13.0 Å². The van der Waals surface area contributed by atoms with Gasteiger partial charge in [-0.05, 0) is 14.0 Å². The van der Waals surface area contributed by atoms with Gasteiger partial charge in [0, 0.05) is 7.05 Å². The van der Waals surface area contributed by atoms with Crippen LogP contribution in [0, 0.1) is 0 Å². The van der Waals surface area contributed by atoms with E-state index in [1.807, 2.05) is 25.6 Å². The van der Waals surface area contributed by atoms with Gasteiger partial charge in [0.05, 0.1) is 24.8 Å². The molecule has 2 heterocycles. The summed E-state index contributed by atoms with van der Waals surface area (Å²) in [6.07, 6.45) is 5.22. The highest BCUT2D eigenvalue weighted by molar-refractivity contribution is 5.49. The lowest BCUT2D eigenvalue weighted by Crippen LogP contribution is -2.12. The van der Waals surface area contributed by atoms with Gasteiger partial charge in [0.1, 0.15) is 5.69 Å². The lowest BCUT2D eigenvalue weighted by molar-refractivity contribution is 0.440. The second kappa shape index (κ2) is 3.86. The second-order valence-corrected chi connectivity index (χ2v) is 3.46. The average Bonchev–Trinajstić information content (AvgIpc) is 2.84. The Morgan fingerprint density at radius 1 is 1.47 bits per heavy atom. The van der Waals surface area contributed by atoms with Crippen LogP contribution in [0.2, 0.25) is 0 Å². The third kappa shape index (κ3) is 1.78. The summed E-state index contributed by atoms with van der Waals surface area (Å²) in [7, 11) is 3.80. The van der Waals surface area contributed by atoms with Crippen LogP contribution in [0.15, 0.2) is 23.1 Å². The summed E-state index contributed by atoms with van der Waals surface area (Å²) < 4.78 is 7.52. The molecule has 0 aliphatic heterocycles. The van der Waals surface area contributed by atoms with Gasteiger partial charge in [-0.25, -0.2) is 9.97 Å². The van der Waals surface area contributed by atoms with Crippen LogP contribution in [0.1, 0.15) is 18.9 Å². The zero-order chi connectivity index (χ0) is 10.8. The molecule has 80 valence electrons. The number of nitrogens with zero attached hydrogens (tertiary/aromatic N) is 3. The zero-order valence-corrected chi connectivity index (χ0v) is 9.06. The second-order valence-electron chi connectivity index (χ2n) is 3.46. The Kier molecular flexibility index (Phi) is 2.55. The molecule has 0 bridgehead atoms. The maximum absolute atomic E-state index is 5.63. The van der Waals surface area contributed by atoms with E-state index in [2.05, 4.69) is 15.3 Å². The Labute approximate surface area is 88.2 Å². The Morgan fingerprint density at radius 2 is 2.27 bits per heavy atom. The molecular formula is C10H14N4O. The average molecular weight is 206 g/mol. The molecule has 0 aromatic carbocycles. The lowest BCUT2D eigenvalue weighted by atomic mass is 10.3. The Bertz CT molecular complexity index is 446. The van der Waals surface area contributed by atoms with Gasteiger partial charge in [-0.1, -0.05) is 0 Å². The van der Waals surface area contributed by atoms with Crippen LogP contribution >= 0.6 is 0 Å². The van der Waals surface area contributed by atoms with Crippen LogP contribution in [-0.4, -0.2) is 21.6 Å². The van der Waals surface area contributed by atoms with Gasteiger partial charge in [-0.2, -0.15) is 0 Å². The first-order chi connectivity index (χ1) is 7.22. The van der Waals surface area contributed by atoms with Gasteiger partial charge >= 0.3 is 0 Å². The molecule has 5 nitrogen and oxygen atoms in total. The number of rotatable bonds is 3. The van der Waals surface area contributed by atoms with Crippen molar-refractivity contribution >= 4 is 0 Å². The molecule has 2 aromatic heterocycles. The van der Waals surface area contributed by atoms with Gasteiger partial charge in [0.15, 0.2) is 5.76 Å². The number of aryl methyl sites for hydroxylation is 1. The van der Waals surface area contributed by atoms with E-state index in [0.29, 0.717) is 5.89 Å². The van der Waals surface area contributed by atoms with E-state index in [0.717, 1.165) is 11.5 Å². The first kappa shape index (κ1) is 9.92. The summed E-state index contributed by atoms with van der Waals surface area (Å²) in [5, 5.41) is 3.08. The SMILES string of the molecule is CNC(C)c1ncc(-c2cncn2C)o1. The van der Waals surface area contributed by atoms with Crippen molar-refractivity contribution in [1.29, 1.82) is 0 Å². The Morgan fingerprint density at radius 3 is 2.87 bits per heavy atom. The van der Waals surface area contributed by atoms with Crippen molar-refractivity contribution < 1.29 is 4.42 Å². The number of aromatic nitrogens is 3. The van der Waals surface area contributed by atoms with E-state index in [-0.39, 0.29) is 6.04 Å². The topological polar surface area (TPSA) is 55.9 Å². The van der Waals surface area contributed by atoms with Crippen LogP contribution in [0.4, 0.5) is 0 Å². The number of hydrogen-bond donors (Lipinski definition) is 1. The third-order valence-corrected chi connectivity index (χ3v) is 2.40. The zero-order valence-electron chi connectivity index (χ0n) is 9.06. The van der Waals surface area contributed by atoms with Crippen molar-refractivity contribution in [3.05, 3.63) is 24.6 Å². The molecule has 0 fully saturated rings. The van der Waals surface area contributed by atoms with Gasteiger partial charge in [0.2, 0.25) is 5.89 Å². The number of oxazole rings is 1. The van der Waals surface area contributed by atoms with Crippen molar-refractivity contribution in [2.75, 3.05) is 7.05 Å². The van der Waals surface area contributed by atoms with Crippen molar-refractivity contribution in [3.63, 3.8) is 0 Å². The monoisotopic (exact) mass is 206 g/mol. The Balaban J connectivity index is 2.32. The fourth-order valence-electron chi connectivity index (χ4n) is 1.32. The predicted octanol–water partition coefficient (Wildman–Crippen LogP) is 1.36. The molecule has 2 aromatic rings. The fourth-order valence-corrected chi connectivity index (χ4v) is 1.32. The molecule has 1 unspecified atom stereocenters. The highest BCUT2D eigenvalue weighted by Crippen LogP contribution is 2.21. The molecule has 0 spiro atoms. The van der Waals surface area contributed by atoms with Crippen LogP contribution < -0.4 is 5.32 Å². The standard InChI is InChI=1S/C10H14N4O/c1-7(11-2)10-13-5-9(15-10)8-4-12-6-14(8)3/h4-7,11H,1-3H3.